The highest BCUT2D eigenvalue weighted by molar-refractivity contribution is 6.22. The zero-order valence-electron chi connectivity index (χ0n) is 14.0. The molecule has 25 heavy (non-hydrogen) atoms. The molecule has 1 aliphatic rings. The van der Waals surface area contributed by atoms with Crippen LogP contribution in [0, 0.1) is 0 Å². The quantitative estimate of drug-likeness (QED) is 0.848. The van der Waals surface area contributed by atoms with E-state index in [0.717, 1.165) is 16.2 Å². The first kappa shape index (κ1) is 16.7. The number of rotatable bonds is 5. The van der Waals surface area contributed by atoms with Gasteiger partial charge in [-0.1, -0.05) is 24.3 Å². The summed E-state index contributed by atoms with van der Waals surface area (Å²) in [5, 5.41) is 2.80. The largest absolute Gasteiger partial charge is 0.497 e. The van der Waals surface area contributed by atoms with Gasteiger partial charge in [-0.15, -0.1) is 0 Å². The standard InChI is InChI=1S/C19H18N2O4/c1-12(13-7-9-14(25-2)10-8-13)20-17(22)11-21-18(23)15-5-3-4-6-16(15)19(21)24/h3-10,12H,11H2,1-2H3,(H,20,22)/t12-/m0/s1. The molecule has 0 fully saturated rings. The maximum Gasteiger partial charge on any atom is 0.262 e. The predicted molar refractivity (Wildman–Crippen MR) is 91.4 cm³/mol. The van der Waals surface area contributed by atoms with Gasteiger partial charge in [0.25, 0.3) is 11.8 Å². The number of carbonyl (C=O) groups excluding carboxylic acids is 3. The van der Waals surface area contributed by atoms with Gasteiger partial charge in [-0.2, -0.15) is 0 Å². The van der Waals surface area contributed by atoms with Crippen LogP contribution in [0.2, 0.25) is 0 Å². The number of benzene rings is 2. The molecule has 0 saturated carbocycles. The molecule has 2 aromatic rings. The lowest BCUT2D eigenvalue weighted by atomic mass is 10.1. The smallest absolute Gasteiger partial charge is 0.262 e. The molecule has 6 heteroatoms. The molecule has 1 atom stereocenters. The van der Waals surface area contributed by atoms with E-state index in [4.69, 9.17) is 4.74 Å². The first-order valence-corrected chi connectivity index (χ1v) is 7.90. The number of fused-ring (bicyclic) bond motifs is 1. The van der Waals surface area contributed by atoms with Crippen LogP contribution >= 0.6 is 0 Å². The number of nitrogens with zero attached hydrogens (tertiary/aromatic N) is 1. The third-order valence-corrected chi connectivity index (χ3v) is 4.17. The van der Waals surface area contributed by atoms with Crippen molar-refractivity contribution in [2.24, 2.45) is 0 Å². The molecule has 1 aliphatic heterocycles. The monoisotopic (exact) mass is 338 g/mol. The Balaban J connectivity index is 1.65. The number of imide groups is 1. The lowest BCUT2D eigenvalue weighted by Gasteiger charge is -2.18. The summed E-state index contributed by atoms with van der Waals surface area (Å²) >= 11 is 0. The van der Waals surface area contributed by atoms with Crippen molar-refractivity contribution in [3.63, 3.8) is 0 Å². The Bertz CT molecular complexity index is 795. The van der Waals surface area contributed by atoms with E-state index < -0.39 is 17.7 Å². The molecule has 0 aliphatic carbocycles. The van der Waals surface area contributed by atoms with E-state index in [1.807, 2.05) is 31.2 Å². The number of nitrogens with one attached hydrogen (secondary N) is 1. The van der Waals surface area contributed by atoms with Gasteiger partial charge in [0.1, 0.15) is 12.3 Å². The second-order valence-corrected chi connectivity index (χ2v) is 5.80. The molecule has 0 aromatic heterocycles. The number of amides is 3. The molecular formula is C19H18N2O4. The van der Waals surface area contributed by atoms with Crippen LogP contribution in [0.3, 0.4) is 0 Å². The molecule has 1 heterocycles. The van der Waals surface area contributed by atoms with Crippen molar-refractivity contribution >= 4 is 17.7 Å². The summed E-state index contributed by atoms with van der Waals surface area (Å²) in [7, 11) is 1.59. The van der Waals surface area contributed by atoms with E-state index in [9.17, 15) is 14.4 Å². The molecule has 128 valence electrons. The fraction of sp³-hybridized carbons (Fsp3) is 0.211. The van der Waals surface area contributed by atoms with E-state index in [1.165, 1.54) is 0 Å². The van der Waals surface area contributed by atoms with Crippen LogP contribution in [0.1, 0.15) is 39.2 Å². The van der Waals surface area contributed by atoms with Gasteiger partial charge in [0.05, 0.1) is 24.3 Å². The van der Waals surface area contributed by atoms with Gasteiger partial charge in [0.15, 0.2) is 0 Å². The van der Waals surface area contributed by atoms with Crippen molar-refractivity contribution in [2.45, 2.75) is 13.0 Å². The highest BCUT2D eigenvalue weighted by atomic mass is 16.5. The van der Waals surface area contributed by atoms with Crippen molar-refractivity contribution < 1.29 is 19.1 Å². The summed E-state index contributed by atoms with van der Waals surface area (Å²) in [6.45, 7) is 1.54. The average molecular weight is 338 g/mol. The first-order valence-electron chi connectivity index (χ1n) is 7.90. The topological polar surface area (TPSA) is 75.7 Å². The summed E-state index contributed by atoms with van der Waals surface area (Å²) in [4.78, 5) is 37.8. The fourth-order valence-electron chi connectivity index (χ4n) is 2.79. The van der Waals surface area contributed by atoms with Crippen LogP contribution in [-0.4, -0.2) is 36.3 Å². The summed E-state index contributed by atoms with van der Waals surface area (Å²) in [6.07, 6.45) is 0. The maximum absolute atomic E-state index is 12.3. The van der Waals surface area contributed by atoms with Gasteiger partial charge in [0.2, 0.25) is 5.91 Å². The van der Waals surface area contributed by atoms with E-state index >= 15 is 0 Å². The Kier molecular flexibility index (Phi) is 4.52. The van der Waals surface area contributed by atoms with Gasteiger partial charge in [-0.3, -0.25) is 19.3 Å². The van der Waals surface area contributed by atoms with Crippen LogP contribution in [0.15, 0.2) is 48.5 Å². The molecule has 1 N–H and O–H groups in total. The summed E-state index contributed by atoms with van der Waals surface area (Å²) in [5.74, 6) is -0.535. The molecule has 0 bridgehead atoms. The highest BCUT2D eigenvalue weighted by Crippen LogP contribution is 2.22. The summed E-state index contributed by atoms with van der Waals surface area (Å²) in [5.41, 5.74) is 1.57. The number of ether oxygens (including phenoxy) is 1. The molecule has 6 nitrogen and oxygen atoms in total. The van der Waals surface area contributed by atoms with Gasteiger partial charge in [-0.25, -0.2) is 0 Å². The van der Waals surface area contributed by atoms with Crippen molar-refractivity contribution in [2.75, 3.05) is 13.7 Å². The van der Waals surface area contributed by atoms with E-state index in [2.05, 4.69) is 5.32 Å². The Morgan fingerprint density at radius 1 is 1.04 bits per heavy atom. The van der Waals surface area contributed by atoms with E-state index in [-0.39, 0.29) is 12.6 Å². The molecule has 0 saturated heterocycles. The SMILES string of the molecule is COc1ccc([C@H](C)NC(=O)CN2C(=O)c3ccccc3C2=O)cc1. The Hall–Kier alpha value is -3.15. The lowest BCUT2D eigenvalue weighted by molar-refractivity contribution is -0.122. The summed E-state index contributed by atoms with van der Waals surface area (Å²) in [6, 6.07) is 13.6. The third-order valence-electron chi connectivity index (χ3n) is 4.17. The fourth-order valence-corrected chi connectivity index (χ4v) is 2.79. The van der Waals surface area contributed by atoms with E-state index in [0.29, 0.717) is 11.1 Å². The zero-order valence-corrected chi connectivity index (χ0v) is 14.0. The first-order chi connectivity index (χ1) is 12.0. The van der Waals surface area contributed by atoms with Gasteiger partial charge < -0.3 is 10.1 Å². The van der Waals surface area contributed by atoms with Crippen LogP contribution in [0.25, 0.3) is 0 Å². The lowest BCUT2D eigenvalue weighted by Crippen LogP contribution is -2.41. The van der Waals surface area contributed by atoms with Gasteiger partial charge >= 0.3 is 0 Å². The zero-order chi connectivity index (χ0) is 18.0. The van der Waals surface area contributed by atoms with Crippen molar-refractivity contribution in [3.05, 3.63) is 65.2 Å². The minimum atomic E-state index is -0.437. The number of methoxy groups -OCH3 is 1. The number of hydrogen-bond donors (Lipinski definition) is 1. The van der Waals surface area contributed by atoms with Crippen LogP contribution in [0.4, 0.5) is 0 Å². The minimum Gasteiger partial charge on any atom is -0.497 e. The van der Waals surface area contributed by atoms with Crippen molar-refractivity contribution in [1.29, 1.82) is 0 Å². The molecule has 0 radical (unpaired) electrons. The number of hydrogen-bond acceptors (Lipinski definition) is 4. The highest BCUT2D eigenvalue weighted by Gasteiger charge is 2.36. The van der Waals surface area contributed by atoms with Gasteiger partial charge in [0, 0.05) is 0 Å². The number of carbonyl (C=O) groups is 3. The van der Waals surface area contributed by atoms with Crippen LogP contribution in [-0.2, 0) is 4.79 Å². The van der Waals surface area contributed by atoms with Crippen molar-refractivity contribution in [3.8, 4) is 5.75 Å². The van der Waals surface area contributed by atoms with Crippen LogP contribution < -0.4 is 10.1 Å². The minimum absolute atomic E-state index is 0.256. The molecule has 2 aromatic carbocycles. The second kappa shape index (κ2) is 6.76. The Morgan fingerprint density at radius 3 is 2.12 bits per heavy atom. The van der Waals surface area contributed by atoms with Gasteiger partial charge in [-0.05, 0) is 36.8 Å². The Labute approximate surface area is 145 Å². The molecule has 0 spiro atoms. The third kappa shape index (κ3) is 3.24. The Morgan fingerprint density at radius 2 is 1.60 bits per heavy atom. The second-order valence-electron chi connectivity index (χ2n) is 5.80. The van der Waals surface area contributed by atoms with E-state index in [1.54, 1.807) is 31.4 Å². The van der Waals surface area contributed by atoms with Crippen molar-refractivity contribution in [1.82, 2.24) is 10.2 Å². The normalized spacial score (nSPS) is 14.2. The molecule has 3 rings (SSSR count). The predicted octanol–water partition coefficient (Wildman–Crippen LogP) is 2.17. The maximum atomic E-state index is 12.3. The summed E-state index contributed by atoms with van der Waals surface area (Å²) < 4.78 is 5.10. The average Bonchev–Trinajstić information content (AvgIpc) is 2.87. The molecule has 3 amide bonds. The van der Waals surface area contributed by atoms with Crippen LogP contribution in [0.5, 0.6) is 5.75 Å². The molecular weight excluding hydrogens is 320 g/mol. The molecule has 0 unspecified atom stereocenters.